The molecule has 1 N–H and O–H groups in total. The van der Waals surface area contributed by atoms with Crippen LogP contribution in [-0.4, -0.2) is 30.4 Å². The number of hydrogen-bond acceptors (Lipinski definition) is 3. The minimum absolute atomic E-state index is 0.283. The highest BCUT2D eigenvalue weighted by Crippen LogP contribution is 2.18. The predicted molar refractivity (Wildman–Crippen MR) is 69.0 cm³/mol. The predicted octanol–water partition coefficient (Wildman–Crippen LogP) is 1.52. The summed E-state index contributed by atoms with van der Waals surface area (Å²) in [5, 5.41) is 17.9. The minimum atomic E-state index is -0.923. The van der Waals surface area contributed by atoms with Crippen LogP contribution in [0.15, 0.2) is 36.8 Å². The largest absolute Gasteiger partial charge is 0.478 e. The Morgan fingerprint density at radius 3 is 2.89 bits per heavy atom. The fourth-order valence-corrected chi connectivity index (χ4v) is 2.06. The van der Waals surface area contributed by atoms with Gasteiger partial charge < -0.3 is 14.2 Å². The Kier molecular flexibility index (Phi) is 2.56. The summed E-state index contributed by atoms with van der Waals surface area (Å²) in [6.07, 6.45) is 3.56. The molecule has 0 amide bonds. The lowest BCUT2D eigenvalue weighted by Crippen LogP contribution is -2.05. The number of hydrogen-bond donors (Lipinski definition) is 1. The second kappa shape index (κ2) is 4.24. The zero-order valence-electron chi connectivity index (χ0n) is 10.3. The van der Waals surface area contributed by atoms with E-state index in [4.69, 9.17) is 5.11 Å². The number of carboxylic acids is 1. The molecule has 3 aromatic rings. The van der Waals surface area contributed by atoms with E-state index in [1.165, 1.54) is 0 Å². The summed E-state index contributed by atoms with van der Waals surface area (Å²) in [7, 11) is 1.88. The molecule has 0 saturated heterocycles. The molecule has 0 aliphatic rings. The quantitative estimate of drug-likeness (QED) is 0.771. The number of aromatic nitrogens is 4. The molecule has 19 heavy (non-hydrogen) atoms. The third-order valence-corrected chi connectivity index (χ3v) is 3.14. The molecule has 1 aromatic carbocycles. The number of aromatic carboxylic acids is 1. The van der Waals surface area contributed by atoms with Crippen molar-refractivity contribution in [1.82, 2.24) is 19.3 Å². The lowest BCUT2D eigenvalue weighted by atomic mass is 10.1. The summed E-state index contributed by atoms with van der Waals surface area (Å²) in [6, 6.07) is 7.05. The highest BCUT2D eigenvalue weighted by atomic mass is 16.4. The van der Waals surface area contributed by atoms with Gasteiger partial charge in [0.05, 0.1) is 12.1 Å². The van der Waals surface area contributed by atoms with Crippen molar-refractivity contribution in [2.75, 3.05) is 0 Å². The van der Waals surface area contributed by atoms with Crippen molar-refractivity contribution in [3.05, 3.63) is 48.2 Å². The summed E-state index contributed by atoms with van der Waals surface area (Å²) in [5.74, 6) is -0.105. The van der Waals surface area contributed by atoms with E-state index in [9.17, 15) is 4.79 Å². The van der Waals surface area contributed by atoms with Gasteiger partial charge in [0.2, 0.25) is 0 Å². The van der Waals surface area contributed by atoms with Crippen LogP contribution in [0.1, 0.15) is 16.2 Å². The molecule has 0 bridgehead atoms. The third-order valence-electron chi connectivity index (χ3n) is 3.14. The normalized spacial score (nSPS) is 11.0. The van der Waals surface area contributed by atoms with E-state index in [0.717, 1.165) is 16.7 Å². The van der Waals surface area contributed by atoms with Gasteiger partial charge in [0.25, 0.3) is 0 Å². The second-order valence-electron chi connectivity index (χ2n) is 4.38. The average Bonchev–Trinajstić information content (AvgIpc) is 2.97. The Morgan fingerprint density at radius 1 is 1.37 bits per heavy atom. The molecule has 3 rings (SSSR count). The molecule has 0 fully saturated rings. The van der Waals surface area contributed by atoms with E-state index in [0.29, 0.717) is 6.54 Å². The van der Waals surface area contributed by atoms with E-state index in [-0.39, 0.29) is 5.56 Å². The number of nitrogens with zero attached hydrogens (tertiary/aromatic N) is 4. The Bertz CT molecular complexity index is 757. The monoisotopic (exact) mass is 256 g/mol. The van der Waals surface area contributed by atoms with Crippen LogP contribution in [0.25, 0.3) is 10.9 Å². The maximum atomic E-state index is 11.0. The van der Waals surface area contributed by atoms with Crippen LogP contribution in [-0.2, 0) is 13.6 Å². The van der Waals surface area contributed by atoms with Crippen molar-refractivity contribution >= 4 is 16.9 Å². The number of aryl methyl sites for hydroxylation is 1. The van der Waals surface area contributed by atoms with E-state index >= 15 is 0 Å². The van der Waals surface area contributed by atoms with Crippen LogP contribution in [0.4, 0.5) is 0 Å². The Morgan fingerprint density at radius 2 is 2.21 bits per heavy atom. The van der Waals surface area contributed by atoms with Crippen molar-refractivity contribution in [3.8, 4) is 0 Å². The molecule has 2 heterocycles. The molecule has 0 atom stereocenters. The fraction of sp³-hybridized carbons (Fsp3) is 0.154. The molecule has 96 valence electrons. The molecule has 0 unspecified atom stereocenters. The zero-order chi connectivity index (χ0) is 13.4. The first-order valence-corrected chi connectivity index (χ1v) is 5.80. The number of carbonyl (C=O) groups is 1. The third kappa shape index (κ3) is 1.97. The summed E-state index contributed by atoms with van der Waals surface area (Å²) < 4.78 is 3.80. The van der Waals surface area contributed by atoms with Crippen LogP contribution in [0, 0.1) is 0 Å². The van der Waals surface area contributed by atoms with Gasteiger partial charge in [-0.2, -0.15) is 0 Å². The summed E-state index contributed by atoms with van der Waals surface area (Å²) >= 11 is 0. The smallest absolute Gasteiger partial charge is 0.335 e. The standard InChI is InChI=1S/C13H12N4O2/c1-16-8-14-15-12(16)7-17-5-4-9-2-3-10(13(18)19)6-11(9)17/h2-6,8H,7H2,1H3,(H,18,19). The number of benzene rings is 1. The van der Waals surface area contributed by atoms with Crippen LogP contribution in [0.2, 0.25) is 0 Å². The van der Waals surface area contributed by atoms with Gasteiger partial charge in [0.1, 0.15) is 6.33 Å². The summed E-state index contributed by atoms with van der Waals surface area (Å²) in [5.41, 5.74) is 1.16. The van der Waals surface area contributed by atoms with Crippen molar-refractivity contribution < 1.29 is 9.90 Å². The van der Waals surface area contributed by atoms with Gasteiger partial charge in [-0.3, -0.25) is 0 Å². The number of carboxylic acid groups (broad SMARTS) is 1. The molecule has 0 saturated carbocycles. The first-order chi connectivity index (χ1) is 9.15. The van der Waals surface area contributed by atoms with E-state index in [2.05, 4.69) is 10.2 Å². The van der Waals surface area contributed by atoms with Crippen molar-refractivity contribution in [1.29, 1.82) is 0 Å². The molecule has 0 aliphatic carbocycles. The first-order valence-electron chi connectivity index (χ1n) is 5.80. The van der Waals surface area contributed by atoms with Crippen LogP contribution in [0.3, 0.4) is 0 Å². The molecule has 0 radical (unpaired) electrons. The molecule has 0 aliphatic heterocycles. The molecule has 2 aromatic heterocycles. The Balaban J connectivity index is 2.06. The summed E-state index contributed by atoms with van der Waals surface area (Å²) in [6.45, 7) is 0.559. The highest BCUT2D eigenvalue weighted by molar-refractivity contribution is 5.93. The van der Waals surface area contributed by atoms with E-state index in [1.807, 2.05) is 34.5 Å². The zero-order valence-corrected chi connectivity index (χ0v) is 10.3. The molecule has 6 heteroatoms. The van der Waals surface area contributed by atoms with Crippen molar-refractivity contribution in [2.24, 2.45) is 7.05 Å². The maximum absolute atomic E-state index is 11.0. The van der Waals surface area contributed by atoms with Crippen molar-refractivity contribution in [3.63, 3.8) is 0 Å². The Hall–Kier alpha value is -2.63. The van der Waals surface area contributed by atoms with Crippen LogP contribution < -0.4 is 0 Å². The minimum Gasteiger partial charge on any atom is -0.478 e. The lowest BCUT2D eigenvalue weighted by molar-refractivity contribution is 0.0697. The maximum Gasteiger partial charge on any atom is 0.335 e. The number of rotatable bonds is 3. The number of fused-ring (bicyclic) bond motifs is 1. The van der Waals surface area contributed by atoms with Crippen LogP contribution in [0.5, 0.6) is 0 Å². The van der Waals surface area contributed by atoms with Gasteiger partial charge in [-0.1, -0.05) is 6.07 Å². The van der Waals surface area contributed by atoms with Gasteiger partial charge in [-0.15, -0.1) is 10.2 Å². The lowest BCUT2D eigenvalue weighted by Gasteiger charge is -2.05. The van der Waals surface area contributed by atoms with E-state index in [1.54, 1.807) is 18.5 Å². The first kappa shape index (κ1) is 11.5. The van der Waals surface area contributed by atoms with Gasteiger partial charge in [-0.25, -0.2) is 4.79 Å². The fourth-order valence-electron chi connectivity index (χ4n) is 2.06. The van der Waals surface area contributed by atoms with Gasteiger partial charge in [-0.05, 0) is 23.6 Å². The van der Waals surface area contributed by atoms with Crippen molar-refractivity contribution in [2.45, 2.75) is 6.54 Å². The van der Waals surface area contributed by atoms with E-state index < -0.39 is 5.97 Å². The average molecular weight is 256 g/mol. The molecule has 6 nitrogen and oxygen atoms in total. The van der Waals surface area contributed by atoms with Crippen LogP contribution >= 0.6 is 0 Å². The topological polar surface area (TPSA) is 72.9 Å². The van der Waals surface area contributed by atoms with Gasteiger partial charge >= 0.3 is 5.97 Å². The molecular formula is C13H12N4O2. The Labute approximate surface area is 108 Å². The highest BCUT2D eigenvalue weighted by Gasteiger charge is 2.09. The molecule has 0 spiro atoms. The van der Waals surface area contributed by atoms with Gasteiger partial charge in [0, 0.05) is 18.8 Å². The SMILES string of the molecule is Cn1cnnc1Cn1ccc2ccc(C(=O)O)cc21. The second-order valence-corrected chi connectivity index (χ2v) is 4.38. The summed E-state index contributed by atoms with van der Waals surface area (Å²) in [4.78, 5) is 11.0. The molecular weight excluding hydrogens is 244 g/mol. The van der Waals surface area contributed by atoms with Gasteiger partial charge in [0.15, 0.2) is 5.82 Å².